The fraction of sp³-hybridized carbons (Fsp3) is 0.600. The summed E-state index contributed by atoms with van der Waals surface area (Å²) in [7, 11) is 0. The van der Waals surface area contributed by atoms with Gasteiger partial charge >= 0.3 is 6.18 Å². The van der Waals surface area contributed by atoms with Crippen molar-refractivity contribution in [1.82, 2.24) is 25.2 Å². The van der Waals surface area contributed by atoms with Gasteiger partial charge in [0.25, 0.3) is 5.91 Å². The predicted octanol–water partition coefficient (Wildman–Crippen LogP) is 4.06. The molecule has 1 saturated carbocycles. The molecule has 0 aromatic carbocycles. The molecule has 1 amide bonds. The summed E-state index contributed by atoms with van der Waals surface area (Å²) in [4.78, 5) is 22.2. The Bertz CT molecular complexity index is 1140. The first-order valence-corrected chi connectivity index (χ1v) is 12.5. The number of piperidine rings is 1. The van der Waals surface area contributed by atoms with Crippen LogP contribution in [0.3, 0.4) is 0 Å². The van der Waals surface area contributed by atoms with Crippen molar-refractivity contribution in [3.63, 3.8) is 0 Å². The minimum atomic E-state index is -4.37. The summed E-state index contributed by atoms with van der Waals surface area (Å²) in [5.74, 6) is 0.811. The third kappa shape index (κ3) is 4.67. The van der Waals surface area contributed by atoms with Gasteiger partial charge in [-0.2, -0.15) is 28.2 Å². The van der Waals surface area contributed by atoms with Gasteiger partial charge in [-0.3, -0.25) is 9.79 Å². The molecule has 4 aliphatic rings. The molecule has 2 bridgehead atoms. The zero-order chi connectivity index (χ0) is 25.6. The monoisotopic (exact) mass is 504 g/mol. The molecular formula is C25H31F3N6O2. The van der Waals surface area contributed by atoms with E-state index in [1.807, 2.05) is 11.8 Å². The predicted molar refractivity (Wildman–Crippen MR) is 127 cm³/mol. The number of fused-ring (bicyclic) bond motifs is 2. The molecule has 1 aliphatic carbocycles. The van der Waals surface area contributed by atoms with Crippen molar-refractivity contribution in [3.8, 4) is 0 Å². The quantitative estimate of drug-likeness (QED) is 0.632. The van der Waals surface area contributed by atoms with Crippen molar-refractivity contribution in [2.24, 2.45) is 16.8 Å². The molecule has 11 heteroatoms. The van der Waals surface area contributed by atoms with E-state index in [-0.39, 0.29) is 36.6 Å². The highest BCUT2D eigenvalue weighted by Gasteiger charge is 2.55. The van der Waals surface area contributed by atoms with Crippen molar-refractivity contribution in [2.45, 2.75) is 77.2 Å². The molecular weight excluding hydrogens is 473 g/mol. The number of allylic oxidation sites excluding steroid dienone is 3. The fourth-order valence-corrected chi connectivity index (χ4v) is 5.80. The van der Waals surface area contributed by atoms with Crippen LogP contribution in [0.2, 0.25) is 0 Å². The lowest BCUT2D eigenvalue weighted by Crippen LogP contribution is -2.52. The number of dihydropyridines is 1. The van der Waals surface area contributed by atoms with Crippen molar-refractivity contribution in [3.05, 3.63) is 41.7 Å². The summed E-state index contributed by atoms with van der Waals surface area (Å²) in [6, 6.07) is -0.122. The van der Waals surface area contributed by atoms with E-state index in [0.717, 1.165) is 37.5 Å². The number of nitrogens with zero attached hydrogens (tertiary/aromatic N) is 5. The SMILES string of the molecule is CC1=NC(C(=O)N2C(CC(C)C)C3CC(OC4=CC=C(C(F)(F)F)CN4)C2C3)=C(n2nccn2)CC1. The molecule has 1 aromatic heterocycles. The molecule has 4 unspecified atom stereocenters. The largest absolute Gasteiger partial charge is 0.474 e. The van der Waals surface area contributed by atoms with Crippen molar-refractivity contribution < 1.29 is 22.7 Å². The van der Waals surface area contributed by atoms with Gasteiger partial charge < -0.3 is 15.0 Å². The lowest BCUT2D eigenvalue weighted by molar-refractivity contribution is -0.135. The highest BCUT2D eigenvalue weighted by atomic mass is 19.4. The average Bonchev–Trinajstić information content (AvgIpc) is 3.55. The van der Waals surface area contributed by atoms with Crippen molar-refractivity contribution >= 4 is 17.3 Å². The number of hydrogen-bond donors (Lipinski definition) is 1. The van der Waals surface area contributed by atoms with Gasteiger partial charge in [0, 0.05) is 18.3 Å². The maximum atomic E-state index is 14.1. The van der Waals surface area contributed by atoms with Crippen LogP contribution in [-0.2, 0) is 9.53 Å². The summed E-state index contributed by atoms with van der Waals surface area (Å²) in [6.45, 7) is 5.87. The van der Waals surface area contributed by atoms with Crippen molar-refractivity contribution in [2.75, 3.05) is 6.54 Å². The standard InChI is InChI=1S/C25H31F3N6O2/c1-14(2)10-19-16-11-20(21(12-16)36-22-7-5-17(13-29-22)25(26,27)28)33(19)24(35)23-18(6-4-15(3)32-23)34-30-8-9-31-34/h5,7-9,14,16,19-21,29H,4,6,10-13H2,1-3H3. The fourth-order valence-electron chi connectivity index (χ4n) is 5.80. The number of aromatic nitrogens is 3. The molecule has 36 heavy (non-hydrogen) atoms. The van der Waals surface area contributed by atoms with E-state index in [2.05, 4.69) is 34.4 Å². The maximum absolute atomic E-state index is 14.1. The number of aliphatic imine (C=N–C) groups is 1. The van der Waals surface area contributed by atoms with E-state index >= 15 is 0 Å². The number of carbonyl (C=O) groups excluding carboxylic acids is 1. The number of halogens is 3. The zero-order valence-electron chi connectivity index (χ0n) is 20.6. The number of amides is 1. The zero-order valence-corrected chi connectivity index (χ0v) is 20.6. The van der Waals surface area contributed by atoms with Crippen LogP contribution in [0, 0.1) is 11.8 Å². The molecule has 5 rings (SSSR count). The third-order valence-corrected chi connectivity index (χ3v) is 7.41. The number of rotatable bonds is 6. The maximum Gasteiger partial charge on any atom is 0.414 e. The third-order valence-electron chi connectivity index (χ3n) is 7.41. The highest BCUT2D eigenvalue weighted by molar-refractivity contribution is 6.03. The van der Waals surface area contributed by atoms with E-state index in [9.17, 15) is 18.0 Å². The number of nitrogens with one attached hydrogen (secondary N) is 1. The Morgan fingerprint density at radius 3 is 2.58 bits per heavy atom. The van der Waals surface area contributed by atoms with Crippen LogP contribution in [0.15, 0.2) is 46.7 Å². The number of alkyl halides is 3. The minimum absolute atomic E-state index is 0.0594. The number of carbonyl (C=O) groups is 1. The van der Waals surface area contributed by atoms with Gasteiger partial charge in [0.1, 0.15) is 6.10 Å². The lowest BCUT2D eigenvalue weighted by atomic mass is 9.90. The summed E-state index contributed by atoms with van der Waals surface area (Å²) in [5.41, 5.74) is 1.29. The highest BCUT2D eigenvalue weighted by Crippen LogP contribution is 2.47. The van der Waals surface area contributed by atoms with Gasteiger partial charge in [-0.25, -0.2) is 0 Å². The number of likely N-dealkylation sites (tertiary alicyclic amines) is 1. The molecule has 2 fully saturated rings. The van der Waals surface area contributed by atoms with E-state index in [1.165, 1.54) is 10.9 Å². The second-order valence-corrected chi connectivity index (χ2v) is 10.4. The molecule has 8 nitrogen and oxygen atoms in total. The van der Waals surface area contributed by atoms with Gasteiger partial charge in [-0.05, 0) is 63.0 Å². The molecule has 0 spiro atoms. The first kappa shape index (κ1) is 24.6. The average molecular weight is 505 g/mol. The van der Waals surface area contributed by atoms with E-state index in [4.69, 9.17) is 4.74 Å². The summed E-state index contributed by atoms with van der Waals surface area (Å²) in [6.07, 6.45) is 4.63. The lowest BCUT2D eigenvalue weighted by Gasteiger charge is -2.41. The molecule has 194 valence electrons. The second kappa shape index (κ2) is 9.40. The van der Waals surface area contributed by atoms with Gasteiger partial charge in [-0.15, -0.1) is 0 Å². The van der Waals surface area contributed by atoms with E-state index in [1.54, 1.807) is 12.4 Å². The number of ether oxygens (including phenoxy) is 1. The molecule has 1 N–H and O–H groups in total. The normalized spacial score (nSPS) is 28.2. The van der Waals surface area contributed by atoms with Crippen LogP contribution in [0.5, 0.6) is 0 Å². The van der Waals surface area contributed by atoms with Gasteiger partial charge in [-0.1, -0.05) is 13.8 Å². The number of hydrogen-bond acceptors (Lipinski definition) is 6. The van der Waals surface area contributed by atoms with Crippen LogP contribution in [-0.4, -0.2) is 62.4 Å². The molecule has 4 atom stereocenters. The van der Waals surface area contributed by atoms with Crippen LogP contribution in [0.4, 0.5) is 13.2 Å². The van der Waals surface area contributed by atoms with Gasteiger partial charge in [0.05, 0.1) is 29.7 Å². The molecule has 1 aromatic rings. The Labute approximate surface area is 208 Å². The Hall–Kier alpha value is -3.11. The van der Waals surface area contributed by atoms with E-state index in [0.29, 0.717) is 29.6 Å². The van der Waals surface area contributed by atoms with Gasteiger partial charge in [0.15, 0.2) is 11.6 Å². The molecule has 4 heterocycles. The van der Waals surface area contributed by atoms with Crippen LogP contribution in [0.25, 0.3) is 5.70 Å². The second-order valence-electron chi connectivity index (χ2n) is 10.4. The first-order valence-electron chi connectivity index (χ1n) is 12.5. The molecule has 0 radical (unpaired) electrons. The Kier molecular flexibility index (Phi) is 6.42. The smallest absolute Gasteiger partial charge is 0.414 e. The minimum Gasteiger partial charge on any atom is -0.474 e. The Balaban J connectivity index is 1.43. The summed E-state index contributed by atoms with van der Waals surface area (Å²) >= 11 is 0. The Morgan fingerprint density at radius 2 is 1.94 bits per heavy atom. The summed E-state index contributed by atoms with van der Waals surface area (Å²) < 4.78 is 45.1. The first-order chi connectivity index (χ1) is 17.1. The molecule has 3 aliphatic heterocycles. The van der Waals surface area contributed by atoms with Crippen LogP contribution >= 0.6 is 0 Å². The van der Waals surface area contributed by atoms with Crippen LogP contribution in [0.1, 0.15) is 52.9 Å². The molecule has 1 saturated heterocycles. The van der Waals surface area contributed by atoms with Gasteiger partial charge in [0.2, 0.25) is 0 Å². The Morgan fingerprint density at radius 1 is 1.19 bits per heavy atom. The van der Waals surface area contributed by atoms with E-state index < -0.39 is 11.7 Å². The summed E-state index contributed by atoms with van der Waals surface area (Å²) in [5, 5.41) is 11.2. The topological polar surface area (TPSA) is 84.6 Å². The van der Waals surface area contributed by atoms with Crippen LogP contribution < -0.4 is 5.32 Å². The van der Waals surface area contributed by atoms with Crippen molar-refractivity contribution in [1.29, 1.82) is 0 Å².